The van der Waals surface area contributed by atoms with Gasteiger partial charge in [0.25, 0.3) is 0 Å². The minimum atomic E-state index is -0.650. The third-order valence-corrected chi connectivity index (χ3v) is 5.09. The summed E-state index contributed by atoms with van der Waals surface area (Å²) in [6.07, 6.45) is 5.78. The fourth-order valence-corrected chi connectivity index (χ4v) is 3.34. The van der Waals surface area contributed by atoms with E-state index < -0.39 is 11.6 Å². The van der Waals surface area contributed by atoms with E-state index in [2.05, 4.69) is 45.1 Å². The van der Waals surface area contributed by atoms with Crippen molar-refractivity contribution in [2.24, 2.45) is 0 Å². The van der Waals surface area contributed by atoms with E-state index in [0.29, 0.717) is 40.7 Å². The summed E-state index contributed by atoms with van der Waals surface area (Å²) in [6.45, 7) is 1.58. The smallest absolute Gasteiger partial charge is 0.369 e. The highest BCUT2D eigenvalue weighted by molar-refractivity contribution is 6.31. The van der Waals surface area contributed by atoms with Crippen LogP contribution in [0.1, 0.15) is 6.42 Å². The molecule has 0 amide bonds. The average Bonchev–Trinajstić information content (AvgIpc) is 3.26. The first-order valence-electron chi connectivity index (χ1n) is 10.4. The lowest BCUT2D eigenvalue weighted by molar-refractivity contribution is 0.388. The lowest BCUT2D eigenvalue weighted by Gasteiger charge is -2.15. The Bertz CT molecular complexity index is 1340. The first kappa shape index (κ1) is 23.3. The highest BCUT2D eigenvalue weighted by Gasteiger charge is 2.13. The summed E-state index contributed by atoms with van der Waals surface area (Å²) in [4.78, 5) is 29.2. The number of benzene rings is 1. The molecule has 4 aromatic rings. The zero-order chi connectivity index (χ0) is 24.1. The second kappa shape index (κ2) is 10.4. The Morgan fingerprint density at radius 2 is 2.00 bits per heavy atom. The van der Waals surface area contributed by atoms with Crippen molar-refractivity contribution >= 4 is 29.1 Å². The lowest BCUT2D eigenvalue weighted by atomic mass is 10.1. The lowest BCUT2D eigenvalue weighted by Crippen LogP contribution is -2.17. The van der Waals surface area contributed by atoms with Crippen LogP contribution in [0.2, 0.25) is 5.02 Å². The van der Waals surface area contributed by atoms with E-state index in [-0.39, 0.29) is 10.8 Å². The van der Waals surface area contributed by atoms with Gasteiger partial charge in [-0.1, -0.05) is 16.8 Å². The molecule has 0 saturated carbocycles. The molecule has 0 bridgehead atoms. The molecule has 0 aliphatic carbocycles. The number of nitrogens with one attached hydrogen (secondary N) is 3. The van der Waals surface area contributed by atoms with Crippen LogP contribution in [0, 0.1) is 5.82 Å². The molecule has 0 saturated heterocycles. The molecule has 3 aromatic heterocycles. The zero-order valence-corrected chi connectivity index (χ0v) is 19.2. The molecule has 34 heavy (non-hydrogen) atoms. The van der Waals surface area contributed by atoms with E-state index >= 15 is 0 Å². The number of aromatic nitrogens is 5. The van der Waals surface area contributed by atoms with Gasteiger partial charge in [0.05, 0.1) is 5.02 Å². The maximum Gasteiger partial charge on any atom is 0.439 e. The van der Waals surface area contributed by atoms with Crippen molar-refractivity contribution in [1.29, 1.82) is 0 Å². The van der Waals surface area contributed by atoms with Gasteiger partial charge in [0.2, 0.25) is 5.95 Å². The summed E-state index contributed by atoms with van der Waals surface area (Å²) in [6, 6.07) is 6.08. The van der Waals surface area contributed by atoms with Gasteiger partial charge in [0, 0.05) is 47.5 Å². The Morgan fingerprint density at radius 1 is 1.18 bits per heavy atom. The molecular formula is C22H22ClFN8O2. The molecule has 1 aromatic carbocycles. The van der Waals surface area contributed by atoms with E-state index in [1.54, 1.807) is 30.7 Å². The van der Waals surface area contributed by atoms with Crippen molar-refractivity contribution in [2.75, 3.05) is 37.8 Å². The average molecular weight is 485 g/mol. The van der Waals surface area contributed by atoms with Gasteiger partial charge in [-0.2, -0.15) is 4.98 Å². The molecule has 0 spiro atoms. The van der Waals surface area contributed by atoms with Crippen LogP contribution >= 0.6 is 11.6 Å². The maximum atomic E-state index is 13.5. The summed E-state index contributed by atoms with van der Waals surface area (Å²) in [5.74, 6) is 0.00616. The van der Waals surface area contributed by atoms with Gasteiger partial charge in [-0.25, -0.2) is 14.2 Å². The Morgan fingerprint density at radius 3 is 2.74 bits per heavy atom. The minimum absolute atomic E-state index is 0.00237. The van der Waals surface area contributed by atoms with Crippen LogP contribution < -0.4 is 16.4 Å². The van der Waals surface area contributed by atoms with Gasteiger partial charge >= 0.3 is 5.76 Å². The normalized spacial score (nSPS) is 11.1. The number of halogens is 2. The molecule has 12 heteroatoms. The highest BCUT2D eigenvalue weighted by Crippen LogP contribution is 2.30. The maximum absolute atomic E-state index is 13.5. The molecule has 0 aliphatic heterocycles. The second-order valence-corrected chi connectivity index (χ2v) is 8.11. The van der Waals surface area contributed by atoms with Gasteiger partial charge in [-0.05, 0) is 51.3 Å². The van der Waals surface area contributed by atoms with Crippen LogP contribution in [-0.4, -0.2) is 57.2 Å². The van der Waals surface area contributed by atoms with Crippen molar-refractivity contribution in [3.63, 3.8) is 0 Å². The van der Waals surface area contributed by atoms with E-state index in [4.69, 9.17) is 11.6 Å². The Hall–Kier alpha value is -3.83. The van der Waals surface area contributed by atoms with Crippen molar-refractivity contribution in [3.05, 3.63) is 64.2 Å². The van der Waals surface area contributed by atoms with Gasteiger partial charge in [0.15, 0.2) is 5.82 Å². The Balaban J connectivity index is 1.65. The Labute approximate surface area is 199 Å². The molecular weight excluding hydrogens is 463 g/mol. The van der Waals surface area contributed by atoms with Gasteiger partial charge in [0.1, 0.15) is 11.6 Å². The van der Waals surface area contributed by atoms with Gasteiger partial charge in [-0.15, -0.1) is 0 Å². The number of hydrogen-bond acceptors (Lipinski definition) is 9. The van der Waals surface area contributed by atoms with Crippen molar-refractivity contribution in [1.82, 2.24) is 30.0 Å². The third-order valence-electron chi connectivity index (χ3n) is 4.80. The number of pyridine rings is 1. The molecule has 0 radical (unpaired) electrons. The summed E-state index contributed by atoms with van der Waals surface area (Å²) in [5, 5.41) is 10.1. The van der Waals surface area contributed by atoms with Crippen LogP contribution in [0.3, 0.4) is 0 Å². The fraction of sp³-hybridized carbons (Fsp3) is 0.227. The number of anilines is 3. The van der Waals surface area contributed by atoms with E-state index in [0.717, 1.165) is 13.0 Å². The van der Waals surface area contributed by atoms with Crippen LogP contribution in [-0.2, 0) is 0 Å². The topological polar surface area (TPSA) is 125 Å². The fourth-order valence-electron chi connectivity index (χ4n) is 3.16. The number of H-pyrrole nitrogens is 1. The van der Waals surface area contributed by atoms with Crippen LogP contribution in [0.4, 0.5) is 21.8 Å². The standard InChI is InChI=1S/C22H22ClFN8O2/c1-32(2)7-3-6-26-20-16(13-8-14(11-25-10-13)19-30-22(33)34-31-19)12-27-21(29-20)28-15-4-5-18(24)17(23)9-15/h4-5,8-12H,3,6-7H2,1-2H3,(H,30,31,33)(H2,26,27,28,29). The van der Waals surface area contributed by atoms with E-state index in [9.17, 15) is 9.18 Å². The molecule has 3 N–H and O–H groups in total. The molecule has 4 rings (SSSR count). The molecule has 176 valence electrons. The van der Waals surface area contributed by atoms with Crippen molar-refractivity contribution in [3.8, 4) is 22.5 Å². The zero-order valence-electron chi connectivity index (χ0n) is 18.5. The second-order valence-electron chi connectivity index (χ2n) is 7.70. The highest BCUT2D eigenvalue weighted by atomic mass is 35.5. The van der Waals surface area contributed by atoms with E-state index in [1.165, 1.54) is 12.1 Å². The first-order chi connectivity index (χ1) is 16.4. The molecule has 0 atom stereocenters. The number of rotatable bonds is 9. The molecule has 3 heterocycles. The SMILES string of the molecule is CN(C)CCCNc1nc(Nc2ccc(F)c(Cl)c2)ncc1-c1cncc(-c2noc(=O)[nH]2)c1. The predicted molar refractivity (Wildman–Crippen MR) is 128 cm³/mol. The van der Waals surface area contributed by atoms with Crippen molar-refractivity contribution < 1.29 is 8.91 Å². The number of aromatic amines is 1. The van der Waals surface area contributed by atoms with E-state index in [1.807, 2.05) is 14.1 Å². The third kappa shape index (κ3) is 5.74. The molecule has 10 nitrogen and oxygen atoms in total. The van der Waals surface area contributed by atoms with Gasteiger partial charge in [-0.3, -0.25) is 14.5 Å². The monoisotopic (exact) mass is 484 g/mol. The van der Waals surface area contributed by atoms with Crippen LogP contribution in [0.15, 0.2) is 52.2 Å². The summed E-state index contributed by atoms with van der Waals surface area (Å²) in [7, 11) is 4.02. The molecule has 0 aliphatic rings. The number of nitrogens with zero attached hydrogens (tertiary/aromatic N) is 5. The largest absolute Gasteiger partial charge is 0.439 e. The summed E-state index contributed by atoms with van der Waals surface area (Å²) in [5.41, 5.74) is 2.54. The Kier molecular flexibility index (Phi) is 7.14. The summed E-state index contributed by atoms with van der Waals surface area (Å²) >= 11 is 5.88. The quantitative estimate of drug-likeness (QED) is 0.304. The molecule has 0 fully saturated rings. The van der Waals surface area contributed by atoms with Crippen LogP contribution in [0.25, 0.3) is 22.5 Å². The van der Waals surface area contributed by atoms with Crippen LogP contribution in [0.5, 0.6) is 0 Å². The molecule has 0 unspecified atom stereocenters. The minimum Gasteiger partial charge on any atom is -0.369 e. The number of hydrogen-bond donors (Lipinski definition) is 3. The summed E-state index contributed by atoms with van der Waals surface area (Å²) < 4.78 is 18.1. The predicted octanol–water partition coefficient (Wildman–Crippen LogP) is 3.78. The first-order valence-corrected chi connectivity index (χ1v) is 10.8. The van der Waals surface area contributed by atoms with Crippen molar-refractivity contribution in [2.45, 2.75) is 6.42 Å². The van der Waals surface area contributed by atoms with Gasteiger partial charge < -0.3 is 15.5 Å².